The quantitative estimate of drug-likeness (QED) is 0.714. The highest BCUT2D eigenvalue weighted by molar-refractivity contribution is 6.10. The topological polar surface area (TPSA) is 44.1 Å². The predicted molar refractivity (Wildman–Crippen MR) is 95.8 cm³/mol. The standard InChI is InChI=1S/C21H16N2O/c1-23(17-10-3-2-4-11-17)21(24)20-14-8-7-13-19(20)18-12-6-5-9-16(18)15-22/h2-14H,1H3. The number of amides is 1. The van der Waals surface area contributed by atoms with Gasteiger partial charge in [0.25, 0.3) is 5.91 Å². The Morgan fingerprint density at radius 1 is 0.833 bits per heavy atom. The van der Waals surface area contributed by atoms with Gasteiger partial charge in [-0.15, -0.1) is 0 Å². The summed E-state index contributed by atoms with van der Waals surface area (Å²) in [6.45, 7) is 0. The van der Waals surface area contributed by atoms with E-state index in [2.05, 4.69) is 6.07 Å². The first kappa shape index (κ1) is 15.5. The van der Waals surface area contributed by atoms with Gasteiger partial charge >= 0.3 is 0 Å². The third kappa shape index (κ3) is 2.90. The van der Waals surface area contributed by atoms with E-state index in [1.807, 2.05) is 66.7 Å². The minimum absolute atomic E-state index is 0.107. The van der Waals surface area contributed by atoms with Gasteiger partial charge < -0.3 is 4.90 Å². The summed E-state index contributed by atoms with van der Waals surface area (Å²) in [5.41, 5.74) is 3.49. The van der Waals surface area contributed by atoms with Crippen molar-refractivity contribution < 1.29 is 4.79 Å². The van der Waals surface area contributed by atoms with E-state index in [1.165, 1.54) is 0 Å². The number of hydrogen-bond acceptors (Lipinski definition) is 2. The largest absolute Gasteiger partial charge is 0.311 e. The third-order valence-corrected chi connectivity index (χ3v) is 3.94. The smallest absolute Gasteiger partial charge is 0.258 e. The van der Waals surface area contributed by atoms with Crippen molar-refractivity contribution in [1.82, 2.24) is 0 Å². The Labute approximate surface area is 141 Å². The molecule has 0 heterocycles. The molecule has 0 atom stereocenters. The first-order valence-electron chi connectivity index (χ1n) is 7.64. The van der Waals surface area contributed by atoms with E-state index in [1.54, 1.807) is 24.1 Å². The van der Waals surface area contributed by atoms with Crippen molar-refractivity contribution >= 4 is 11.6 Å². The van der Waals surface area contributed by atoms with Crippen LogP contribution in [0.2, 0.25) is 0 Å². The first-order chi connectivity index (χ1) is 11.7. The molecule has 0 bridgehead atoms. The van der Waals surface area contributed by atoms with E-state index in [4.69, 9.17) is 0 Å². The molecule has 0 saturated carbocycles. The Balaban J connectivity index is 2.07. The minimum Gasteiger partial charge on any atom is -0.311 e. The molecule has 116 valence electrons. The summed E-state index contributed by atoms with van der Waals surface area (Å²) >= 11 is 0. The second-order valence-corrected chi connectivity index (χ2v) is 5.40. The molecule has 0 fully saturated rings. The van der Waals surface area contributed by atoms with Crippen molar-refractivity contribution in [2.45, 2.75) is 0 Å². The van der Waals surface area contributed by atoms with Crippen LogP contribution in [0.1, 0.15) is 15.9 Å². The van der Waals surface area contributed by atoms with E-state index in [-0.39, 0.29) is 5.91 Å². The van der Waals surface area contributed by atoms with Gasteiger partial charge in [-0.1, -0.05) is 54.6 Å². The Morgan fingerprint density at radius 2 is 1.42 bits per heavy atom. The highest BCUT2D eigenvalue weighted by Crippen LogP contribution is 2.28. The van der Waals surface area contributed by atoms with Gasteiger partial charge in [0.15, 0.2) is 0 Å². The van der Waals surface area contributed by atoms with Crippen LogP contribution in [0.5, 0.6) is 0 Å². The Hall–Kier alpha value is -3.38. The van der Waals surface area contributed by atoms with Crippen molar-refractivity contribution in [2.24, 2.45) is 0 Å². The zero-order valence-electron chi connectivity index (χ0n) is 13.3. The number of carbonyl (C=O) groups excluding carboxylic acids is 1. The van der Waals surface area contributed by atoms with Crippen LogP contribution in [0.3, 0.4) is 0 Å². The van der Waals surface area contributed by atoms with Crippen LogP contribution in [0.15, 0.2) is 78.9 Å². The number of para-hydroxylation sites is 1. The van der Waals surface area contributed by atoms with Crippen LogP contribution in [-0.2, 0) is 0 Å². The second kappa shape index (κ2) is 6.80. The molecule has 24 heavy (non-hydrogen) atoms. The molecule has 0 aromatic heterocycles. The Bertz CT molecular complexity index is 910. The maximum atomic E-state index is 13.0. The van der Waals surface area contributed by atoms with Crippen molar-refractivity contribution in [2.75, 3.05) is 11.9 Å². The van der Waals surface area contributed by atoms with Crippen molar-refractivity contribution in [3.8, 4) is 17.2 Å². The minimum atomic E-state index is -0.107. The van der Waals surface area contributed by atoms with Gasteiger partial charge in [0.1, 0.15) is 0 Å². The maximum absolute atomic E-state index is 13.0. The molecule has 1 amide bonds. The summed E-state index contributed by atoms with van der Waals surface area (Å²) in [5.74, 6) is -0.107. The maximum Gasteiger partial charge on any atom is 0.258 e. The number of nitrogens with zero attached hydrogens (tertiary/aromatic N) is 2. The van der Waals surface area contributed by atoms with Gasteiger partial charge in [-0.3, -0.25) is 4.79 Å². The number of rotatable bonds is 3. The van der Waals surface area contributed by atoms with Crippen LogP contribution < -0.4 is 4.90 Å². The average Bonchev–Trinajstić information content (AvgIpc) is 2.67. The lowest BCUT2D eigenvalue weighted by Crippen LogP contribution is -2.26. The average molecular weight is 312 g/mol. The highest BCUT2D eigenvalue weighted by Gasteiger charge is 2.18. The summed E-state index contributed by atoms with van der Waals surface area (Å²) in [7, 11) is 1.75. The zero-order chi connectivity index (χ0) is 16.9. The van der Waals surface area contributed by atoms with Crippen LogP contribution in [-0.4, -0.2) is 13.0 Å². The Morgan fingerprint density at radius 3 is 2.12 bits per heavy atom. The number of nitriles is 1. The fourth-order valence-electron chi connectivity index (χ4n) is 2.67. The van der Waals surface area contributed by atoms with E-state index < -0.39 is 0 Å². The van der Waals surface area contributed by atoms with E-state index in [0.717, 1.165) is 16.8 Å². The third-order valence-electron chi connectivity index (χ3n) is 3.94. The molecule has 3 aromatic carbocycles. The van der Waals surface area contributed by atoms with E-state index in [9.17, 15) is 10.1 Å². The lowest BCUT2D eigenvalue weighted by Gasteiger charge is -2.19. The van der Waals surface area contributed by atoms with Gasteiger partial charge in [0, 0.05) is 23.9 Å². The molecule has 3 nitrogen and oxygen atoms in total. The molecule has 0 aliphatic heterocycles. The SMILES string of the molecule is CN(C(=O)c1ccccc1-c1ccccc1C#N)c1ccccc1. The summed E-state index contributed by atoms with van der Waals surface area (Å²) < 4.78 is 0. The molecule has 0 saturated heterocycles. The molecule has 3 aromatic rings. The van der Waals surface area contributed by atoms with Crippen molar-refractivity contribution in [3.63, 3.8) is 0 Å². The summed E-state index contributed by atoms with van der Waals surface area (Å²) in [5, 5.41) is 9.35. The molecular formula is C21H16N2O. The molecule has 3 heteroatoms. The van der Waals surface area contributed by atoms with Crippen LogP contribution >= 0.6 is 0 Å². The second-order valence-electron chi connectivity index (χ2n) is 5.40. The zero-order valence-corrected chi connectivity index (χ0v) is 13.3. The van der Waals surface area contributed by atoms with E-state index in [0.29, 0.717) is 11.1 Å². The summed E-state index contributed by atoms with van der Waals surface area (Å²) in [6.07, 6.45) is 0. The lowest BCUT2D eigenvalue weighted by molar-refractivity contribution is 0.0993. The van der Waals surface area contributed by atoms with Crippen LogP contribution in [0.25, 0.3) is 11.1 Å². The molecule has 0 spiro atoms. The van der Waals surface area contributed by atoms with Gasteiger partial charge in [-0.25, -0.2) is 0 Å². The van der Waals surface area contributed by atoms with Crippen LogP contribution in [0.4, 0.5) is 5.69 Å². The molecule has 0 aliphatic rings. The molecule has 0 radical (unpaired) electrons. The van der Waals surface area contributed by atoms with Crippen LogP contribution in [0, 0.1) is 11.3 Å². The van der Waals surface area contributed by atoms with Crippen molar-refractivity contribution in [1.29, 1.82) is 5.26 Å². The van der Waals surface area contributed by atoms with Gasteiger partial charge in [-0.2, -0.15) is 5.26 Å². The molecular weight excluding hydrogens is 296 g/mol. The van der Waals surface area contributed by atoms with Gasteiger partial charge in [0.2, 0.25) is 0 Å². The Kier molecular flexibility index (Phi) is 4.40. The lowest BCUT2D eigenvalue weighted by atomic mass is 9.95. The number of carbonyl (C=O) groups is 1. The fourth-order valence-corrected chi connectivity index (χ4v) is 2.67. The summed E-state index contributed by atoms with van der Waals surface area (Å²) in [6, 6.07) is 26.4. The van der Waals surface area contributed by atoms with E-state index >= 15 is 0 Å². The summed E-state index contributed by atoms with van der Waals surface area (Å²) in [4.78, 5) is 14.6. The van der Waals surface area contributed by atoms with Gasteiger partial charge in [-0.05, 0) is 29.8 Å². The first-order valence-corrected chi connectivity index (χ1v) is 7.64. The van der Waals surface area contributed by atoms with Crippen molar-refractivity contribution in [3.05, 3.63) is 90.0 Å². The monoisotopic (exact) mass is 312 g/mol. The van der Waals surface area contributed by atoms with Gasteiger partial charge in [0.05, 0.1) is 11.6 Å². The number of benzene rings is 3. The predicted octanol–water partition coefficient (Wildman–Crippen LogP) is 4.50. The number of anilines is 1. The highest BCUT2D eigenvalue weighted by atomic mass is 16.2. The molecule has 0 aliphatic carbocycles. The molecule has 0 N–H and O–H groups in total. The molecule has 3 rings (SSSR count). The fraction of sp³-hybridized carbons (Fsp3) is 0.0476. The number of hydrogen-bond donors (Lipinski definition) is 0. The normalized spacial score (nSPS) is 10.0. The molecule has 0 unspecified atom stereocenters.